The van der Waals surface area contributed by atoms with E-state index in [-0.39, 0.29) is 17.5 Å². The van der Waals surface area contributed by atoms with Crippen molar-refractivity contribution in [2.45, 2.75) is 12.8 Å². The van der Waals surface area contributed by atoms with Gasteiger partial charge in [0, 0.05) is 0 Å². The summed E-state index contributed by atoms with van der Waals surface area (Å²) in [5, 5.41) is 9.14. The summed E-state index contributed by atoms with van der Waals surface area (Å²) in [5.41, 5.74) is 1.31. The van der Waals surface area contributed by atoms with Crippen molar-refractivity contribution in [3.05, 3.63) is 35.1 Å². The number of esters is 1. The van der Waals surface area contributed by atoms with E-state index in [4.69, 9.17) is 21.6 Å². The molecule has 1 atom stereocenters. The second-order valence-electron chi connectivity index (χ2n) is 3.70. The Balaban J connectivity index is 2.51. The highest BCUT2D eigenvalue weighted by atomic mass is 35.5. The quantitative estimate of drug-likeness (QED) is 0.804. The molecule has 0 fully saturated rings. The topological polar surface area (TPSA) is 75.9 Å². The van der Waals surface area contributed by atoms with Crippen LogP contribution in [-0.4, -0.2) is 22.5 Å². The predicted octanol–water partition coefficient (Wildman–Crippen LogP) is 2.45. The minimum atomic E-state index is -1.16. The molecule has 1 aromatic carbocycles. The fourth-order valence-corrected chi connectivity index (χ4v) is 1.87. The molecule has 0 aliphatic carbocycles. The lowest BCUT2D eigenvalue weighted by atomic mass is 10.1. The SMILES string of the molecule is CCOC(=O)C(C#N)c1nc2ccccc2nc1Cl. The van der Waals surface area contributed by atoms with Crippen LogP contribution < -0.4 is 0 Å². The maximum atomic E-state index is 11.7. The van der Waals surface area contributed by atoms with E-state index in [1.165, 1.54) is 0 Å². The van der Waals surface area contributed by atoms with E-state index in [0.717, 1.165) is 0 Å². The van der Waals surface area contributed by atoms with Gasteiger partial charge >= 0.3 is 5.97 Å². The van der Waals surface area contributed by atoms with Gasteiger partial charge in [0.15, 0.2) is 11.1 Å². The molecule has 5 nitrogen and oxygen atoms in total. The fourth-order valence-electron chi connectivity index (χ4n) is 1.63. The van der Waals surface area contributed by atoms with Crippen molar-refractivity contribution < 1.29 is 9.53 Å². The number of ether oxygens (including phenoxy) is 1. The van der Waals surface area contributed by atoms with Crippen molar-refractivity contribution in [2.24, 2.45) is 0 Å². The first kappa shape index (κ1) is 13.2. The van der Waals surface area contributed by atoms with Crippen LogP contribution in [0.1, 0.15) is 18.5 Å². The van der Waals surface area contributed by atoms with Crippen LogP contribution in [-0.2, 0) is 9.53 Å². The second-order valence-corrected chi connectivity index (χ2v) is 4.06. The maximum Gasteiger partial charge on any atom is 0.329 e. The van der Waals surface area contributed by atoms with Crippen molar-refractivity contribution in [3.8, 4) is 6.07 Å². The van der Waals surface area contributed by atoms with Crippen molar-refractivity contribution >= 4 is 28.6 Å². The lowest BCUT2D eigenvalue weighted by molar-refractivity contribution is -0.143. The van der Waals surface area contributed by atoms with Crippen LogP contribution in [0.2, 0.25) is 5.15 Å². The molecule has 6 heteroatoms. The van der Waals surface area contributed by atoms with Crippen LogP contribution in [0.15, 0.2) is 24.3 Å². The third-order valence-corrected chi connectivity index (χ3v) is 2.76. The molecule has 2 aromatic rings. The largest absolute Gasteiger partial charge is 0.465 e. The smallest absolute Gasteiger partial charge is 0.329 e. The Hall–Kier alpha value is -2.19. The number of hydrogen-bond acceptors (Lipinski definition) is 5. The van der Waals surface area contributed by atoms with Gasteiger partial charge < -0.3 is 4.74 Å². The summed E-state index contributed by atoms with van der Waals surface area (Å²) in [6, 6.07) is 8.94. The molecule has 0 saturated carbocycles. The van der Waals surface area contributed by atoms with Crippen molar-refractivity contribution in [1.82, 2.24) is 9.97 Å². The van der Waals surface area contributed by atoms with E-state index in [2.05, 4.69) is 9.97 Å². The lowest BCUT2D eigenvalue weighted by Gasteiger charge is -2.09. The van der Waals surface area contributed by atoms with E-state index >= 15 is 0 Å². The molecule has 1 unspecified atom stereocenters. The normalized spacial score (nSPS) is 11.8. The van der Waals surface area contributed by atoms with E-state index in [1.54, 1.807) is 31.2 Å². The van der Waals surface area contributed by atoms with Gasteiger partial charge in [-0.25, -0.2) is 9.97 Å². The van der Waals surface area contributed by atoms with Gasteiger partial charge in [-0.15, -0.1) is 0 Å². The van der Waals surface area contributed by atoms with E-state index < -0.39 is 11.9 Å². The third-order valence-electron chi connectivity index (χ3n) is 2.48. The zero-order valence-corrected chi connectivity index (χ0v) is 10.9. The summed E-state index contributed by atoms with van der Waals surface area (Å²) in [6.45, 7) is 1.86. The van der Waals surface area contributed by atoms with Crippen LogP contribution in [0.5, 0.6) is 0 Å². The lowest BCUT2D eigenvalue weighted by Crippen LogP contribution is -2.16. The molecule has 0 spiro atoms. The molecule has 0 saturated heterocycles. The van der Waals surface area contributed by atoms with Gasteiger partial charge in [0.25, 0.3) is 0 Å². The van der Waals surface area contributed by atoms with Gasteiger partial charge in [-0.05, 0) is 19.1 Å². The van der Waals surface area contributed by atoms with Crippen LogP contribution in [0, 0.1) is 11.3 Å². The minimum absolute atomic E-state index is 0.0401. The summed E-state index contributed by atoms with van der Waals surface area (Å²) in [6.07, 6.45) is 0. The molecule has 1 heterocycles. The van der Waals surface area contributed by atoms with Crippen LogP contribution in [0.25, 0.3) is 11.0 Å². The summed E-state index contributed by atoms with van der Waals surface area (Å²) in [5.74, 6) is -1.83. The number of aromatic nitrogens is 2. The number of fused-ring (bicyclic) bond motifs is 1. The predicted molar refractivity (Wildman–Crippen MR) is 69.5 cm³/mol. The molecule has 0 N–H and O–H groups in total. The van der Waals surface area contributed by atoms with Gasteiger partial charge in [-0.2, -0.15) is 5.26 Å². The number of benzene rings is 1. The van der Waals surface area contributed by atoms with Crippen LogP contribution >= 0.6 is 11.6 Å². The first-order chi connectivity index (χ1) is 9.17. The number of carbonyl (C=O) groups is 1. The summed E-state index contributed by atoms with van der Waals surface area (Å²) < 4.78 is 4.83. The Morgan fingerprint density at radius 2 is 2.05 bits per heavy atom. The number of para-hydroxylation sites is 2. The van der Waals surface area contributed by atoms with Crippen LogP contribution in [0.4, 0.5) is 0 Å². The number of halogens is 1. The monoisotopic (exact) mass is 275 g/mol. The molecule has 0 aliphatic heterocycles. The molecule has 1 aromatic heterocycles. The summed E-state index contributed by atoms with van der Waals surface area (Å²) in [7, 11) is 0. The highest BCUT2D eigenvalue weighted by Crippen LogP contribution is 2.24. The zero-order valence-electron chi connectivity index (χ0n) is 10.1. The number of nitriles is 1. The van der Waals surface area contributed by atoms with E-state index in [1.807, 2.05) is 6.07 Å². The standard InChI is InChI=1S/C13H10ClN3O2/c1-2-19-13(18)8(7-15)11-12(14)17-10-6-4-3-5-9(10)16-11/h3-6,8H,2H2,1H3. The third kappa shape index (κ3) is 2.64. The first-order valence-electron chi connectivity index (χ1n) is 5.65. The van der Waals surface area contributed by atoms with Gasteiger partial charge in [-0.3, -0.25) is 4.79 Å². The molecule has 0 aliphatic rings. The highest BCUT2D eigenvalue weighted by Gasteiger charge is 2.26. The van der Waals surface area contributed by atoms with Gasteiger partial charge in [0.2, 0.25) is 0 Å². The maximum absolute atomic E-state index is 11.7. The first-order valence-corrected chi connectivity index (χ1v) is 6.03. The van der Waals surface area contributed by atoms with Crippen molar-refractivity contribution in [2.75, 3.05) is 6.61 Å². The number of nitrogens with zero attached hydrogens (tertiary/aromatic N) is 3. The molecule has 0 amide bonds. The van der Waals surface area contributed by atoms with Crippen molar-refractivity contribution in [1.29, 1.82) is 5.26 Å². The molecular formula is C13H10ClN3O2. The minimum Gasteiger partial charge on any atom is -0.465 e. The fraction of sp³-hybridized carbons (Fsp3) is 0.231. The van der Waals surface area contributed by atoms with E-state index in [0.29, 0.717) is 11.0 Å². The average molecular weight is 276 g/mol. The molecular weight excluding hydrogens is 266 g/mol. The Morgan fingerprint density at radius 3 is 2.63 bits per heavy atom. The Bertz CT molecular complexity index is 666. The number of carbonyl (C=O) groups excluding carboxylic acids is 1. The number of rotatable bonds is 3. The molecule has 19 heavy (non-hydrogen) atoms. The average Bonchev–Trinajstić information content (AvgIpc) is 2.40. The molecule has 2 rings (SSSR count). The van der Waals surface area contributed by atoms with Crippen molar-refractivity contribution in [3.63, 3.8) is 0 Å². The molecule has 0 bridgehead atoms. The Labute approximate surface area is 114 Å². The molecule has 96 valence electrons. The Kier molecular flexibility index (Phi) is 3.93. The van der Waals surface area contributed by atoms with Crippen LogP contribution in [0.3, 0.4) is 0 Å². The number of hydrogen-bond donors (Lipinski definition) is 0. The Morgan fingerprint density at radius 1 is 1.42 bits per heavy atom. The second kappa shape index (κ2) is 5.63. The zero-order chi connectivity index (χ0) is 13.8. The molecule has 0 radical (unpaired) electrons. The van der Waals surface area contributed by atoms with Gasteiger partial charge in [0.1, 0.15) is 5.69 Å². The van der Waals surface area contributed by atoms with Gasteiger partial charge in [0.05, 0.1) is 23.7 Å². The van der Waals surface area contributed by atoms with Gasteiger partial charge in [-0.1, -0.05) is 23.7 Å². The summed E-state index contributed by atoms with van der Waals surface area (Å²) in [4.78, 5) is 20.1. The van der Waals surface area contributed by atoms with E-state index in [9.17, 15) is 4.79 Å². The summed E-state index contributed by atoms with van der Waals surface area (Å²) >= 11 is 5.99. The highest BCUT2D eigenvalue weighted by molar-refractivity contribution is 6.30.